The smallest absolute Gasteiger partial charge is 0.0416 e. The molecule has 2 saturated heterocycles. The molecule has 0 aromatic carbocycles. The highest BCUT2D eigenvalue weighted by Crippen LogP contribution is 2.47. The van der Waals surface area contributed by atoms with Crippen molar-refractivity contribution in [1.82, 2.24) is 4.90 Å². The topological polar surface area (TPSA) is 3.24 Å². The molecule has 64 valence electrons. The van der Waals surface area contributed by atoms with Gasteiger partial charge in [0, 0.05) is 17.8 Å². The summed E-state index contributed by atoms with van der Waals surface area (Å²) in [7, 11) is 2.23. The molecule has 1 spiro atoms. The maximum atomic E-state index is 2.44. The van der Waals surface area contributed by atoms with Crippen LogP contribution in [-0.2, 0) is 0 Å². The average molecular weight is 171 g/mol. The van der Waals surface area contributed by atoms with Gasteiger partial charge in [-0.3, -0.25) is 0 Å². The number of hydrogen-bond acceptors (Lipinski definition) is 2. The molecule has 2 fully saturated rings. The summed E-state index contributed by atoms with van der Waals surface area (Å²) in [5.41, 5.74) is 0. The molecule has 2 rings (SSSR count). The Morgan fingerprint density at radius 2 is 2.27 bits per heavy atom. The molecule has 2 heteroatoms. The second-order valence-electron chi connectivity index (χ2n) is 4.14. The third kappa shape index (κ3) is 1.31. The second-order valence-corrected chi connectivity index (χ2v) is 5.63. The largest absolute Gasteiger partial charge is 0.304 e. The van der Waals surface area contributed by atoms with Crippen molar-refractivity contribution in [3.8, 4) is 0 Å². The molecule has 2 aliphatic heterocycles. The third-order valence-electron chi connectivity index (χ3n) is 2.98. The molecule has 0 amide bonds. The summed E-state index contributed by atoms with van der Waals surface area (Å²) in [6.07, 6.45) is 2.87. The highest BCUT2D eigenvalue weighted by Gasteiger charge is 2.46. The van der Waals surface area contributed by atoms with Crippen molar-refractivity contribution < 1.29 is 0 Å². The van der Waals surface area contributed by atoms with Crippen molar-refractivity contribution >= 4 is 11.8 Å². The highest BCUT2D eigenvalue weighted by atomic mass is 32.2. The van der Waals surface area contributed by atoms with Gasteiger partial charge in [-0.25, -0.2) is 0 Å². The van der Waals surface area contributed by atoms with Gasteiger partial charge in [0.15, 0.2) is 0 Å². The van der Waals surface area contributed by atoms with E-state index in [-0.39, 0.29) is 0 Å². The third-order valence-corrected chi connectivity index (χ3v) is 4.65. The fraction of sp³-hybridized carbons (Fsp3) is 1.00. The normalized spacial score (nSPS) is 36.0. The second kappa shape index (κ2) is 2.67. The van der Waals surface area contributed by atoms with Crippen LogP contribution in [0.3, 0.4) is 0 Å². The van der Waals surface area contributed by atoms with E-state index in [0.717, 1.165) is 5.92 Å². The first-order valence-electron chi connectivity index (χ1n) is 4.56. The van der Waals surface area contributed by atoms with Crippen LogP contribution in [0.25, 0.3) is 0 Å². The number of hydrogen-bond donors (Lipinski definition) is 0. The molecule has 2 aliphatic rings. The summed E-state index contributed by atoms with van der Waals surface area (Å²) in [5.74, 6) is 2.44. The van der Waals surface area contributed by atoms with E-state index in [9.17, 15) is 0 Å². The molecule has 1 atom stereocenters. The maximum Gasteiger partial charge on any atom is 0.0416 e. The lowest BCUT2D eigenvalue weighted by molar-refractivity contribution is 0.151. The molecule has 0 radical (unpaired) electrons. The zero-order valence-corrected chi connectivity index (χ0v) is 8.28. The van der Waals surface area contributed by atoms with Gasteiger partial charge in [-0.2, -0.15) is 11.8 Å². The van der Waals surface area contributed by atoms with Gasteiger partial charge in [0.1, 0.15) is 0 Å². The van der Waals surface area contributed by atoms with Crippen LogP contribution in [0, 0.1) is 5.92 Å². The van der Waals surface area contributed by atoms with Gasteiger partial charge in [-0.15, -0.1) is 0 Å². The van der Waals surface area contributed by atoms with E-state index in [4.69, 9.17) is 0 Å². The zero-order chi connectivity index (χ0) is 7.90. The lowest BCUT2D eigenvalue weighted by Gasteiger charge is -2.45. The fourth-order valence-corrected chi connectivity index (χ4v) is 4.28. The summed E-state index contributed by atoms with van der Waals surface area (Å²) in [4.78, 5) is 2.44. The van der Waals surface area contributed by atoms with Crippen molar-refractivity contribution in [3.05, 3.63) is 0 Å². The standard InChI is InChI=1S/C9H17NS/c1-3-8-4-9(11-5-8)6-10(2)7-9/h8H,3-7H2,1-2H3. The Bertz CT molecular complexity index is 152. The lowest BCUT2D eigenvalue weighted by atomic mass is 9.88. The van der Waals surface area contributed by atoms with E-state index < -0.39 is 0 Å². The number of rotatable bonds is 1. The Kier molecular flexibility index (Phi) is 1.92. The molecule has 0 aliphatic carbocycles. The van der Waals surface area contributed by atoms with Crippen LogP contribution in [0.4, 0.5) is 0 Å². The molecule has 0 saturated carbocycles. The van der Waals surface area contributed by atoms with Gasteiger partial charge in [0.2, 0.25) is 0 Å². The Labute approximate surface area is 73.5 Å². The van der Waals surface area contributed by atoms with Crippen LogP contribution in [0.15, 0.2) is 0 Å². The van der Waals surface area contributed by atoms with E-state index in [1.807, 2.05) is 0 Å². The van der Waals surface area contributed by atoms with E-state index in [1.165, 1.54) is 31.7 Å². The molecular formula is C9H17NS. The fourth-order valence-electron chi connectivity index (χ4n) is 2.36. The van der Waals surface area contributed by atoms with E-state index >= 15 is 0 Å². The first-order chi connectivity index (χ1) is 5.24. The van der Waals surface area contributed by atoms with Crippen LogP contribution >= 0.6 is 11.8 Å². The number of likely N-dealkylation sites (tertiary alicyclic amines) is 1. The van der Waals surface area contributed by atoms with Crippen LogP contribution in [0.1, 0.15) is 19.8 Å². The van der Waals surface area contributed by atoms with Crippen molar-refractivity contribution in [2.24, 2.45) is 5.92 Å². The van der Waals surface area contributed by atoms with Gasteiger partial charge < -0.3 is 4.90 Å². The highest BCUT2D eigenvalue weighted by molar-refractivity contribution is 8.01. The monoisotopic (exact) mass is 171 g/mol. The average Bonchev–Trinajstić information content (AvgIpc) is 2.31. The summed E-state index contributed by atoms with van der Waals surface area (Å²) in [6.45, 7) is 5.01. The van der Waals surface area contributed by atoms with Gasteiger partial charge in [0.05, 0.1) is 0 Å². The number of nitrogens with zero attached hydrogens (tertiary/aromatic N) is 1. The van der Waals surface area contributed by atoms with E-state index in [0.29, 0.717) is 4.75 Å². The summed E-state index contributed by atoms with van der Waals surface area (Å²) in [6, 6.07) is 0. The quantitative estimate of drug-likeness (QED) is 0.592. The van der Waals surface area contributed by atoms with Gasteiger partial charge >= 0.3 is 0 Å². The Morgan fingerprint density at radius 3 is 2.73 bits per heavy atom. The molecule has 1 unspecified atom stereocenters. The van der Waals surface area contributed by atoms with Gasteiger partial charge in [0.25, 0.3) is 0 Å². The van der Waals surface area contributed by atoms with Gasteiger partial charge in [-0.05, 0) is 25.1 Å². The molecule has 1 nitrogen and oxygen atoms in total. The summed E-state index contributed by atoms with van der Waals surface area (Å²) >= 11 is 2.23. The van der Waals surface area contributed by atoms with Crippen molar-refractivity contribution in [2.45, 2.75) is 24.5 Å². The summed E-state index contributed by atoms with van der Waals surface area (Å²) < 4.78 is 0.704. The molecule has 2 heterocycles. The first-order valence-corrected chi connectivity index (χ1v) is 5.55. The zero-order valence-electron chi connectivity index (χ0n) is 7.47. The van der Waals surface area contributed by atoms with Crippen molar-refractivity contribution in [2.75, 3.05) is 25.9 Å². The van der Waals surface area contributed by atoms with Gasteiger partial charge in [-0.1, -0.05) is 13.3 Å². The van der Waals surface area contributed by atoms with E-state index in [2.05, 4.69) is 30.6 Å². The maximum absolute atomic E-state index is 2.44. The van der Waals surface area contributed by atoms with Crippen LogP contribution in [-0.4, -0.2) is 35.5 Å². The lowest BCUT2D eigenvalue weighted by Crippen LogP contribution is -2.56. The number of thioether (sulfide) groups is 1. The molecule has 0 aromatic rings. The Hall–Kier alpha value is 0.310. The molecule has 0 bridgehead atoms. The van der Waals surface area contributed by atoms with Crippen molar-refractivity contribution in [1.29, 1.82) is 0 Å². The van der Waals surface area contributed by atoms with Crippen molar-refractivity contribution in [3.63, 3.8) is 0 Å². The SMILES string of the molecule is CCC1CSC2(C1)CN(C)C2. The Morgan fingerprint density at radius 1 is 1.55 bits per heavy atom. The molecule has 0 aromatic heterocycles. The minimum absolute atomic E-state index is 0.704. The Balaban J connectivity index is 1.89. The van der Waals surface area contributed by atoms with Crippen LogP contribution in [0.2, 0.25) is 0 Å². The molecular weight excluding hydrogens is 154 g/mol. The minimum Gasteiger partial charge on any atom is -0.304 e. The summed E-state index contributed by atoms with van der Waals surface area (Å²) in [5, 5.41) is 0. The van der Waals surface area contributed by atoms with Crippen LogP contribution in [0.5, 0.6) is 0 Å². The predicted molar refractivity (Wildman–Crippen MR) is 51.1 cm³/mol. The van der Waals surface area contributed by atoms with E-state index in [1.54, 1.807) is 0 Å². The first kappa shape index (κ1) is 7.93. The predicted octanol–water partition coefficient (Wildman–Crippen LogP) is 1.83. The molecule has 0 N–H and O–H groups in total. The minimum atomic E-state index is 0.704. The van der Waals surface area contributed by atoms with Crippen LogP contribution < -0.4 is 0 Å². The molecule has 11 heavy (non-hydrogen) atoms.